The number of nitrogens with zero attached hydrogens (tertiary/aromatic N) is 4. The number of amides is 1. The zero-order valence-electron chi connectivity index (χ0n) is 18.8. The van der Waals surface area contributed by atoms with Gasteiger partial charge < -0.3 is 10.3 Å². The van der Waals surface area contributed by atoms with Crippen molar-refractivity contribution in [1.29, 1.82) is 0 Å². The van der Waals surface area contributed by atoms with Crippen LogP contribution in [0, 0.1) is 13.8 Å². The molecule has 1 amide bonds. The van der Waals surface area contributed by atoms with Crippen molar-refractivity contribution in [1.82, 2.24) is 25.1 Å². The number of aliphatic imine (C=N–C) groups is 1. The number of para-hydroxylation sites is 1. The largest absolute Gasteiger partial charge is 0.351 e. The van der Waals surface area contributed by atoms with Crippen LogP contribution in [0.25, 0.3) is 16.6 Å². The predicted octanol–water partition coefficient (Wildman–Crippen LogP) is 4.65. The minimum Gasteiger partial charge on any atom is -0.351 e. The number of hydrogen-bond acceptors (Lipinski definition) is 4. The van der Waals surface area contributed by atoms with E-state index in [9.17, 15) is 4.79 Å². The Morgan fingerprint density at radius 3 is 2.59 bits per heavy atom. The van der Waals surface area contributed by atoms with Crippen LogP contribution in [0.4, 0.5) is 0 Å². The maximum absolute atomic E-state index is 13.3. The first-order valence-corrected chi connectivity index (χ1v) is 11.1. The first-order chi connectivity index (χ1) is 16.6. The average Bonchev–Trinajstić information content (AvgIpc) is 3.42. The third kappa shape index (κ3) is 3.29. The fourth-order valence-electron chi connectivity index (χ4n) is 4.48. The molecule has 0 spiro atoms. The maximum Gasteiger partial charge on any atom is 0.269 e. The van der Waals surface area contributed by atoms with Crippen molar-refractivity contribution in [2.75, 3.05) is 0 Å². The van der Waals surface area contributed by atoms with Gasteiger partial charge in [-0.3, -0.25) is 14.4 Å². The van der Waals surface area contributed by atoms with Crippen LogP contribution >= 0.6 is 0 Å². The summed E-state index contributed by atoms with van der Waals surface area (Å²) in [5.41, 5.74) is 6.17. The zero-order chi connectivity index (χ0) is 23.2. The summed E-state index contributed by atoms with van der Waals surface area (Å²) in [6.45, 7) is 3.93. The number of carbonyl (C=O) groups is 1. The van der Waals surface area contributed by atoms with Gasteiger partial charge in [0.15, 0.2) is 12.0 Å². The molecule has 7 nitrogen and oxygen atoms in total. The van der Waals surface area contributed by atoms with E-state index >= 15 is 0 Å². The Bertz CT molecular complexity index is 1580. The second-order valence-electron chi connectivity index (χ2n) is 8.45. The van der Waals surface area contributed by atoms with Crippen molar-refractivity contribution in [3.63, 3.8) is 0 Å². The fourth-order valence-corrected chi connectivity index (χ4v) is 4.48. The Morgan fingerprint density at radius 2 is 1.74 bits per heavy atom. The average molecular weight is 447 g/mol. The fraction of sp³-hybridized carbons (Fsp3) is 0.111. The highest BCUT2D eigenvalue weighted by Gasteiger charge is 2.29. The lowest BCUT2D eigenvalue weighted by Crippen LogP contribution is -2.29. The van der Waals surface area contributed by atoms with Crippen LogP contribution in [0.1, 0.15) is 45.0 Å². The summed E-state index contributed by atoms with van der Waals surface area (Å²) in [7, 11) is 0. The third-order valence-electron chi connectivity index (χ3n) is 6.09. The molecular weight excluding hydrogens is 424 g/mol. The Labute approximate surface area is 196 Å². The Kier molecular flexibility index (Phi) is 4.62. The van der Waals surface area contributed by atoms with Crippen molar-refractivity contribution in [2.24, 2.45) is 4.99 Å². The molecule has 166 valence electrons. The number of rotatable bonds is 3. The van der Waals surface area contributed by atoms with Crippen LogP contribution in [0.3, 0.4) is 0 Å². The molecule has 0 radical (unpaired) electrons. The standard InChI is InChI=1S/C27H22N6O/c1-16-12-13-21-19(14-16)15-22(28-21)27(34)30-25-26-32-31-17(2)33(26)23-11-7-6-10-20(23)24(29-25)18-8-4-3-5-9-18/h3-15,25,28H,1-2H3,(H,30,34). The highest BCUT2D eigenvalue weighted by atomic mass is 16.2. The summed E-state index contributed by atoms with van der Waals surface area (Å²) >= 11 is 0. The Hall–Kier alpha value is -4.52. The van der Waals surface area contributed by atoms with Gasteiger partial charge in [0.05, 0.1) is 11.4 Å². The summed E-state index contributed by atoms with van der Waals surface area (Å²) in [6, 6.07) is 25.9. The van der Waals surface area contributed by atoms with Gasteiger partial charge in [0.25, 0.3) is 5.91 Å². The van der Waals surface area contributed by atoms with Crippen LogP contribution in [0.5, 0.6) is 0 Å². The van der Waals surface area contributed by atoms with Crippen LogP contribution < -0.4 is 5.32 Å². The third-order valence-corrected chi connectivity index (χ3v) is 6.09. The number of benzene rings is 3. The molecular formula is C27H22N6O. The molecule has 0 bridgehead atoms. The molecule has 1 unspecified atom stereocenters. The topological polar surface area (TPSA) is 88.0 Å². The second kappa shape index (κ2) is 7.81. The van der Waals surface area contributed by atoms with Crippen LogP contribution in [-0.2, 0) is 0 Å². The molecule has 3 aromatic carbocycles. The van der Waals surface area contributed by atoms with Crippen molar-refractivity contribution in [3.05, 3.63) is 113 Å². The Balaban J connectivity index is 1.48. The summed E-state index contributed by atoms with van der Waals surface area (Å²) in [5, 5.41) is 12.8. The number of carbonyl (C=O) groups excluding carboxylic acids is 1. The first kappa shape index (κ1) is 20.1. The van der Waals surface area contributed by atoms with Crippen molar-refractivity contribution in [2.45, 2.75) is 20.0 Å². The molecule has 34 heavy (non-hydrogen) atoms. The van der Waals surface area contributed by atoms with Gasteiger partial charge in [-0.1, -0.05) is 60.2 Å². The van der Waals surface area contributed by atoms with Gasteiger partial charge in [0.2, 0.25) is 0 Å². The van der Waals surface area contributed by atoms with Gasteiger partial charge in [0.1, 0.15) is 11.5 Å². The van der Waals surface area contributed by atoms with Gasteiger partial charge >= 0.3 is 0 Å². The molecule has 2 aromatic heterocycles. The van der Waals surface area contributed by atoms with Gasteiger partial charge in [0, 0.05) is 22.0 Å². The minimum absolute atomic E-state index is 0.256. The van der Waals surface area contributed by atoms with E-state index < -0.39 is 6.17 Å². The Morgan fingerprint density at radius 1 is 0.941 bits per heavy atom. The van der Waals surface area contributed by atoms with Gasteiger partial charge in [-0.2, -0.15) is 0 Å². The summed E-state index contributed by atoms with van der Waals surface area (Å²) in [6.07, 6.45) is -0.718. The van der Waals surface area contributed by atoms with E-state index in [2.05, 4.69) is 26.6 Å². The number of nitrogens with one attached hydrogen (secondary N) is 2. The molecule has 5 aromatic rings. The molecule has 0 fully saturated rings. The molecule has 0 saturated carbocycles. The molecule has 0 saturated heterocycles. The van der Waals surface area contributed by atoms with E-state index in [0.29, 0.717) is 11.5 Å². The minimum atomic E-state index is -0.718. The number of fused-ring (bicyclic) bond motifs is 4. The molecule has 1 atom stereocenters. The summed E-state index contributed by atoms with van der Waals surface area (Å²) in [5.74, 6) is 1.04. The van der Waals surface area contributed by atoms with Gasteiger partial charge in [-0.25, -0.2) is 0 Å². The molecule has 1 aliphatic heterocycles. The number of aryl methyl sites for hydroxylation is 2. The van der Waals surface area contributed by atoms with Crippen LogP contribution in [-0.4, -0.2) is 31.4 Å². The lowest BCUT2D eigenvalue weighted by Gasteiger charge is -2.14. The van der Waals surface area contributed by atoms with Crippen molar-refractivity contribution in [3.8, 4) is 5.69 Å². The molecule has 6 rings (SSSR count). The monoisotopic (exact) mass is 446 g/mol. The predicted molar refractivity (Wildman–Crippen MR) is 131 cm³/mol. The van der Waals surface area contributed by atoms with Crippen LogP contribution in [0.2, 0.25) is 0 Å². The van der Waals surface area contributed by atoms with Gasteiger partial charge in [-0.05, 0) is 38.1 Å². The maximum atomic E-state index is 13.3. The number of aromatic nitrogens is 4. The lowest BCUT2D eigenvalue weighted by molar-refractivity contribution is 0.0932. The molecule has 7 heteroatoms. The van der Waals surface area contributed by atoms with Crippen molar-refractivity contribution < 1.29 is 4.79 Å². The van der Waals surface area contributed by atoms with E-state index in [1.165, 1.54) is 0 Å². The molecule has 1 aliphatic rings. The van der Waals surface area contributed by atoms with Crippen LogP contribution in [0.15, 0.2) is 83.9 Å². The summed E-state index contributed by atoms with van der Waals surface area (Å²) in [4.78, 5) is 21.6. The van der Waals surface area contributed by atoms with E-state index in [4.69, 9.17) is 4.99 Å². The van der Waals surface area contributed by atoms with Gasteiger partial charge in [-0.15, -0.1) is 10.2 Å². The number of hydrogen-bond donors (Lipinski definition) is 2. The van der Waals surface area contributed by atoms with E-state index in [1.54, 1.807) is 0 Å². The number of aromatic amines is 1. The zero-order valence-corrected chi connectivity index (χ0v) is 18.8. The van der Waals surface area contributed by atoms with E-state index in [1.807, 2.05) is 91.2 Å². The highest BCUT2D eigenvalue weighted by Crippen LogP contribution is 2.30. The quantitative estimate of drug-likeness (QED) is 0.423. The second-order valence-corrected chi connectivity index (χ2v) is 8.45. The van der Waals surface area contributed by atoms with Crippen molar-refractivity contribution >= 4 is 22.5 Å². The first-order valence-electron chi connectivity index (χ1n) is 11.1. The van der Waals surface area contributed by atoms with E-state index in [-0.39, 0.29) is 5.91 Å². The SMILES string of the molecule is Cc1ccc2[nH]c(C(=O)NC3N=C(c4ccccc4)c4ccccc4-n4c(C)nnc43)cc2c1. The lowest BCUT2D eigenvalue weighted by atomic mass is 10.0. The van der Waals surface area contributed by atoms with E-state index in [0.717, 1.165) is 44.8 Å². The smallest absolute Gasteiger partial charge is 0.269 e. The normalized spacial score (nSPS) is 14.8. The number of H-pyrrole nitrogens is 1. The molecule has 0 aliphatic carbocycles. The summed E-state index contributed by atoms with van der Waals surface area (Å²) < 4.78 is 1.97. The molecule has 2 N–H and O–H groups in total. The molecule has 3 heterocycles. The highest BCUT2D eigenvalue weighted by molar-refractivity contribution is 6.15.